The molecular formula is C14H20F3N3. The van der Waals surface area contributed by atoms with Crippen LogP contribution in [0.2, 0.25) is 0 Å². The second-order valence-corrected chi connectivity index (χ2v) is 5.07. The molecule has 1 aliphatic carbocycles. The number of hydrogen-bond donors (Lipinski definition) is 1. The van der Waals surface area contributed by atoms with E-state index in [9.17, 15) is 13.2 Å². The minimum atomic E-state index is -4.35. The van der Waals surface area contributed by atoms with Gasteiger partial charge >= 0.3 is 6.18 Å². The molecule has 0 radical (unpaired) electrons. The van der Waals surface area contributed by atoms with Crippen molar-refractivity contribution in [2.45, 2.75) is 44.8 Å². The van der Waals surface area contributed by atoms with Gasteiger partial charge in [-0.1, -0.05) is 12.8 Å². The number of rotatable bonds is 4. The number of hydrogen-bond acceptors (Lipinski definition) is 3. The lowest BCUT2D eigenvalue weighted by molar-refractivity contribution is -0.137. The molecule has 3 nitrogen and oxygen atoms in total. The van der Waals surface area contributed by atoms with Crippen LogP contribution < -0.4 is 10.2 Å². The molecule has 6 heteroatoms. The molecule has 0 aromatic carbocycles. The largest absolute Gasteiger partial charge is 0.416 e. The fourth-order valence-corrected chi connectivity index (χ4v) is 2.78. The average molecular weight is 287 g/mol. The molecule has 0 spiro atoms. The average Bonchev–Trinajstić information content (AvgIpc) is 2.92. The molecule has 1 N–H and O–H groups in total. The van der Waals surface area contributed by atoms with Gasteiger partial charge in [0.05, 0.1) is 5.56 Å². The highest BCUT2D eigenvalue weighted by Gasteiger charge is 2.33. The summed E-state index contributed by atoms with van der Waals surface area (Å²) in [4.78, 5) is 6.29. The number of aromatic nitrogens is 1. The van der Waals surface area contributed by atoms with Crippen LogP contribution in [0.1, 0.15) is 38.2 Å². The number of halogens is 3. The van der Waals surface area contributed by atoms with Crippen molar-refractivity contribution in [3.8, 4) is 0 Å². The van der Waals surface area contributed by atoms with Crippen LogP contribution in [0.25, 0.3) is 0 Å². The van der Waals surface area contributed by atoms with E-state index >= 15 is 0 Å². The van der Waals surface area contributed by atoms with Crippen LogP contribution in [-0.2, 0) is 6.18 Å². The minimum absolute atomic E-state index is 0.256. The lowest BCUT2D eigenvalue weighted by atomic mass is 10.2. The molecule has 20 heavy (non-hydrogen) atoms. The summed E-state index contributed by atoms with van der Waals surface area (Å²) in [6, 6.07) is 2.51. The van der Waals surface area contributed by atoms with Gasteiger partial charge in [0.2, 0.25) is 0 Å². The number of nitrogens with one attached hydrogen (secondary N) is 1. The van der Waals surface area contributed by atoms with Gasteiger partial charge in [0.1, 0.15) is 11.6 Å². The topological polar surface area (TPSA) is 28.2 Å². The zero-order valence-corrected chi connectivity index (χ0v) is 11.8. The van der Waals surface area contributed by atoms with Crippen molar-refractivity contribution in [2.75, 3.05) is 23.8 Å². The maximum atomic E-state index is 13.0. The first kappa shape index (κ1) is 14.9. The first-order valence-electron chi connectivity index (χ1n) is 6.99. The molecule has 0 saturated heterocycles. The first-order valence-corrected chi connectivity index (χ1v) is 6.99. The summed E-state index contributed by atoms with van der Waals surface area (Å²) in [6.07, 6.45) is -0.0162. The van der Waals surface area contributed by atoms with Crippen molar-refractivity contribution in [1.29, 1.82) is 0 Å². The van der Waals surface area contributed by atoms with Crippen molar-refractivity contribution in [1.82, 2.24) is 4.98 Å². The molecule has 0 unspecified atom stereocenters. The fraction of sp³-hybridized carbons (Fsp3) is 0.643. The summed E-state index contributed by atoms with van der Waals surface area (Å²) in [7, 11) is 1.58. The Bertz CT molecular complexity index is 453. The van der Waals surface area contributed by atoms with Gasteiger partial charge in [-0.2, -0.15) is 13.2 Å². The van der Waals surface area contributed by atoms with Crippen LogP contribution >= 0.6 is 0 Å². The molecule has 1 fully saturated rings. The maximum Gasteiger partial charge on any atom is 0.416 e. The Labute approximate surface area is 117 Å². The molecule has 0 bridgehead atoms. The van der Waals surface area contributed by atoms with Crippen molar-refractivity contribution in [2.24, 2.45) is 0 Å². The van der Waals surface area contributed by atoms with E-state index in [4.69, 9.17) is 0 Å². The Hall–Kier alpha value is -1.46. The third kappa shape index (κ3) is 3.16. The standard InChI is InChI=1S/C14H20F3N3/c1-3-20(11-6-4-5-7-11)13-9-10(14(15,16)17)8-12(18-2)19-13/h8-9,11H,3-7H2,1-2H3,(H,18,19). The van der Waals surface area contributed by atoms with E-state index in [-0.39, 0.29) is 5.82 Å². The SMILES string of the molecule is CCN(c1cc(C(F)(F)F)cc(NC)n1)C1CCCC1. The summed E-state index contributed by atoms with van der Waals surface area (Å²) in [5.41, 5.74) is -0.650. The Balaban J connectivity index is 2.38. The Kier molecular flexibility index (Phi) is 4.40. The zero-order chi connectivity index (χ0) is 14.8. The van der Waals surface area contributed by atoms with E-state index in [1.165, 1.54) is 0 Å². The van der Waals surface area contributed by atoms with Gasteiger partial charge in [0, 0.05) is 19.6 Å². The van der Waals surface area contributed by atoms with Crippen LogP contribution in [0, 0.1) is 0 Å². The summed E-state index contributed by atoms with van der Waals surface area (Å²) in [5, 5.41) is 2.71. The Morgan fingerprint density at radius 3 is 2.45 bits per heavy atom. The third-order valence-corrected chi connectivity index (χ3v) is 3.80. The molecule has 0 amide bonds. The lowest BCUT2D eigenvalue weighted by Gasteiger charge is -2.29. The van der Waals surface area contributed by atoms with Gasteiger partial charge in [-0.3, -0.25) is 0 Å². The quantitative estimate of drug-likeness (QED) is 0.910. The number of alkyl halides is 3. The summed E-state index contributed by atoms with van der Waals surface area (Å²) < 4.78 is 38.9. The van der Waals surface area contributed by atoms with Gasteiger partial charge < -0.3 is 10.2 Å². The Morgan fingerprint density at radius 1 is 1.30 bits per heavy atom. The highest BCUT2D eigenvalue weighted by atomic mass is 19.4. The van der Waals surface area contributed by atoms with Crippen LogP contribution in [-0.4, -0.2) is 24.6 Å². The monoisotopic (exact) mass is 287 g/mol. The van der Waals surface area contributed by atoms with Crippen LogP contribution in [0.3, 0.4) is 0 Å². The normalized spacial score (nSPS) is 16.4. The molecular weight excluding hydrogens is 267 g/mol. The highest BCUT2D eigenvalue weighted by Crippen LogP contribution is 2.34. The van der Waals surface area contributed by atoms with E-state index in [0.29, 0.717) is 18.4 Å². The van der Waals surface area contributed by atoms with Crippen LogP contribution in [0.15, 0.2) is 12.1 Å². The van der Waals surface area contributed by atoms with E-state index in [0.717, 1.165) is 37.8 Å². The van der Waals surface area contributed by atoms with Crippen molar-refractivity contribution >= 4 is 11.6 Å². The second kappa shape index (κ2) is 5.89. The number of nitrogens with zero attached hydrogens (tertiary/aromatic N) is 2. The molecule has 1 aromatic heterocycles. The van der Waals surface area contributed by atoms with E-state index < -0.39 is 11.7 Å². The van der Waals surface area contributed by atoms with Gasteiger partial charge in [0.25, 0.3) is 0 Å². The second-order valence-electron chi connectivity index (χ2n) is 5.07. The smallest absolute Gasteiger partial charge is 0.373 e. The molecule has 1 aromatic rings. The maximum absolute atomic E-state index is 13.0. The molecule has 2 rings (SSSR count). The summed E-state index contributed by atoms with van der Waals surface area (Å²) >= 11 is 0. The number of anilines is 2. The number of pyridine rings is 1. The fourth-order valence-electron chi connectivity index (χ4n) is 2.78. The summed E-state index contributed by atoms with van der Waals surface area (Å²) in [6.45, 7) is 2.63. The highest BCUT2D eigenvalue weighted by molar-refractivity contribution is 5.51. The molecule has 0 atom stereocenters. The van der Waals surface area contributed by atoms with E-state index in [1.807, 2.05) is 11.8 Å². The Morgan fingerprint density at radius 2 is 1.95 bits per heavy atom. The van der Waals surface area contributed by atoms with Gasteiger partial charge in [0.15, 0.2) is 0 Å². The molecule has 1 heterocycles. The first-order chi connectivity index (χ1) is 9.45. The van der Waals surface area contributed by atoms with Gasteiger partial charge in [-0.15, -0.1) is 0 Å². The third-order valence-electron chi connectivity index (χ3n) is 3.80. The van der Waals surface area contributed by atoms with Gasteiger partial charge in [-0.25, -0.2) is 4.98 Å². The van der Waals surface area contributed by atoms with Crippen molar-refractivity contribution in [3.05, 3.63) is 17.7 Å². The molecule has 0 aliphatic heterocycles. The molecule has 112 valence electrons. The van der Waals surface area contributed by atoms with E-state index in [1.54, 1.807) is 7.05 Å². The molecule has 1 aliphatic rings. The summed E-state index contributed by atoms with van der Waals surface area (Å²) in [5.74, 6) is 0.671. The van der Waals surface area contributed by atoms with Crippen LogP contribution in [0.4, 0.5) is 24.8 Å². The minimum Gasteiger partial charge on any atom is -0.373 e. The lowest BCUT2D eigenvalue weighted by Crippen LogP contribution is -2.34. The van der Waals surface area contributed by atoms with Crippen LogP contribution in [0.5, 0.6) is 0 Å². The van der Waals surface area contributed by atoms with E-state index in [2.05, 4.69) is 10.3 Å². The molecule has 1 saturated carbocycles. The van der Waals surface area contributed by atoms with Crippen molar-refractivity contribution in [3.63, 3.8) is 0 Å². The predicted octanol–water partition coefficient (Wildman–Crippen LogP) is 3.91. The van der Waals surface area contributed by atoms with Crippen molar-refractivity contribution < 1.29 is 13.2 Å². The van der Waals surface area contributed by atoms with Gasteiger partial charge in [-0.05, 0) is 31.9 Å². The predicted molar refractivity (Wildman–Crippen MR) is 74.1 cm³/mol. The zero-order valence-electron chi connectivity index (χ0n) is 11.8.